The lowest BCUT2D eigenvalue weighted by atomic mass is 10.0. The number of carbonyl (C=O) groups is 1. The summed E-state index contributed by atoms with van der Waals surface area (Å²) >= 11 is 0. The first-order valence-electron chi connectivity index (χ1n) is 8.69. The first-order chi connectivity index (χ1) is 13.4. The molecule has 1 N–H and O–H groups in total. The predicted molar refractivity (Wildman–Crippen MR) is 99.1 cm³/mol. The van der Waals surface area contributed by atoms with E-state index in [1.54, 1.807) is 45.0 Å². The third-order valence-corrected chi connectivity index (χ3v) is 4.28. The highest BCUT2D eigenvalue weighted by atomic mass is 19.1. The van der Waals surface area contributed by atoms with Crippen molar-refractivity contribution >= 4 is 17.0 Å². The van der Waals surface area contributed by atoms with Crippen LogP contribution in [0.5, 0.6) is 0 Å². The SMILES string of the molecule is Cc1noc([C@@H](C)NC(=O)c2cc(-c3ccc(F)cc3)c3nc(C)oc3c2)n1. The number of fused-ring (bicyclic) bond motifs is 1. The lowest BCUT2D eigenvalue weighted by Crippen LogP contribution is -2.26. The molecule has 0 spiro atoms. The Labute approximate surface area is 159 Å². The Morgan fingerprint density at radius 3 is 2.57 bits per heavy atom. The zero-order chi connectivity index (χ0) is 19.8. The van der Waals surface area contributed by atoms with E-state index >= 15 is 0 Å². The number of nitrogens with zero attached hydrogens (tertiary/aromatic N) is 3. The van der Waals surface area contributed by atoms with E-state index < -0.39 is 6.04 Å². The van der Waals surface area contributed by atoms with E-state index in [4.69, 9.17) is 8.94 Å². The molecular weight excluding hydrogens is 363 g/mol. The number of hydrogen-bond acceptors (Lipinski definition) is 6. The Kier molecular flexibility index (Phi) is 4.38. The molecule has 142 valence electrons. The molecule has 4 rings (SSSR count). The Hall–Kier alpha value is -3.55. The maximum atomic E-state index is 13.3. The Morgan fingerprint density at radius 1 is 1.14 bits per heavy atom. The molecule has 2 aromatic carbocycles. The number of nitrogens with one attached hydrogen (secondary N) is 1. The summed E-state index contributed by atoms with van der Waals surface area (Å²) in [5.74, 6) is 0.622. The van der Waals surface area contributed by atoms with Crippen molar-refractivity contribution in [2.24, 2.45) is 0 Å². The van der Waals surface area contributed by atoms with Crippen LogP contribution in [0, 0.1) is 19.7 Å². The first kappa shape index (κ1) is 17.8. The lowest BCUT2D eigenvalue weighted by Gasteiger charge is -2.11. The van der Waals surface area contributed by atoms with Gasteiger partial charge in [-0.15, -0.1) is 0 Å². The van der Waals surface area contributed by atoms with Crippen molar-refractivity contribution in [3.8, 4) is 11.1 Å². The number of carbonyl (C=O) groups excluding carboxylic acids is 1. The Bertz CT molecular complexity index is 1160. The third-order valence-electron chi connectivity index (χ3n) is 4.28. The second kappa shape index (κ2) is 6.88. The van der Waals surface area contributed by atoms with Crippen molar-refractivity contribution in [1.29, 1.82) is 0 Å². The van der Waals surface area contributed by atoms with Gasteiger partial charge >= 0.3 is 0 Å². The number of aromatic nitrogens is 3. The highest BCUT2D eigenvalue weighted by Crippen LogP contribution is 2.31. The summed E-state index contributed by atoms with van der Waals surface area (Å²) in [4.78, 5) is 21.3. The van der Waals surface area contributed by atoms with Gasteiger partial charge in [-0.25, -0.2) is 9.37 Å². The molecule has 0 saturated heterocycles. The maximum absolute atomic E-state index is 13.3. The minimum Gasteiger partial charge on any atom is -0.441 e. The lowest BCUT2D eigenvalue weighted by molar-refractivity contribution is 0.0932. The summed E-state index contributed by atoms with van der Waals surface area (Å²) < 4.78 is 24.0. The summed E-state index contributed by atoms with van der Waals surface area (Å²) in [6.07, 6.45) is 0. The molecule has 8 heteroatoms. The second-order valence-corrected chi connectivity index (χ2v) is 6.49. The normalized spacial score (nSPS) is 12.3. The minimum absolute atomic E-state index is 0.321. The number of hydrogen-bond donors (Lipinski definition) is 1. The fourth-order valence-electron chi connectivity index (χ4n) is 2.95. The number of aryl methyl sites for hydroxylation is 2. The average molecular weight is 380 g/mol. The molecule has 2 heterocycles. The molecule has 7 nitrogen and oxygen atoms in total. The molecule has 4 aromatic rings. The molecule has 0 aliphatic carbocycles. The molecular formula is C20H17FN4O3. The third kappa shape index (κ3) is 3.36. The molecule has 0 radical (unpaired) electrons. The van der Waals surface area contributed by atoms with E-state index in [2.05, 4.69) is 20.4 Å². The van der Waals surface area contributed by atoms with E-state index in [1.165, 1.54) is 12.1 Å². The predicted octanol–water partition coefficient (Wildman–Crippen LogP) is 4.12. The van der Waals surface area contributed by atoms with Crippen LogP contribution in [-0.2, 0) is 0 Å². The summed E-state index contributed by atoms with van der Waals surface area (Å²) in [7, 11) is 0. The van der Waals surface area contributed by atoms with Crippen LogP contribution in [-0.4, -0.2) is 21.0 Å². The average Bonchev–Trinajstić information content (AvgIpc) is 3.26. The van der Waals surface area contributed by atoms with Gasteiger partial charge in [0.25, 0.3) is 5.91 Å². The zero-order valence-corrected chi connectivity index (χ0v) is 15.5. The van der Waals surface area contributed by atoms with Crippen LogP contribution >= 0.6 is 0 Å². The van der Waals surface area contributed by atoms with Crippen molar-refractivity contribution in [2.75, 3.05) is 0 Å². The molecule has 1 amide bonds. The van der Waals surface area contributed by atoms with E-state index in [0.717, 1.165) is 5.56 Å². The largest absolute Gasteiger partial charge is 0.441 e. The number of rotatable bonds is 4. The molecule has 0 aliphatic rings. The topological polar surface area (TPSA) is 94.1 Å². The summed E-state index contributed by atoms with van der Waals surface area (Å²) in [5, 5.41) is 6.56. The minimum atomic E-state index is -0.463. The van der Waals surface area contributed by atoms with Gasteiger partial charge in [-0.2, -0.15) is 4.98 Å². The van der Waals surface area contributed by atoms with E-state index in [1.807, 2.05) is 0 Å². The van der Waals surface area contributed by atoms with Crippen molar-refractivity contribution in [3.63, 3.8) is 0 Å². The van der Waals surface area contributed by atoms with Gasteiger partial charge in [0.2, 0.25) is 5.89 Å². The number of oxazole rings is 1. The van der Waals surface area contributed by atoms with Crippen LogP contribution in [0.3, 0.4) is 0 Å². The van der Waals surface area contributed by atoms with E-state index in [-0.39, 0.29) is 11.7 Å². The second-order valence-electron chi connectivity index (χ2n) is 6.49. The van der Waals surface area contributed by atoms with Gasteiger partial charge < -0.3 is 14.3 Å². The number of amides is 1. The van der Waals surface area contributed by atoms with Crippen LogP contribution in [0.4, 0.5) is 4.39 Å². The van der Waals surface area contributed by atoms with Crippen LogP contribution in [0.1, 0.15) is 40.9 Å². The van der Waals surface area contributed by atoms with Gasteiger partial charge in [-0.1, -0.05) is 17.3 Å². The van der Waals surface area contributed by atoms with Crippen LogP contribution in [0.25, 0.3) is 22.2 Å². The van der Waals surface area contributed by atoms with Gasteiger partial charge in [0.1, 0.15) is 17.4 Å². The van der Waals surface area contributed by atoms with Crippen LogP contribution < -0.4 is 5.32 Å². The van der Waals surface area contributed by atoms with Gasteiger partial charge in [-0.3, -0.25) is 4.79 Å². The summed E-state index contributed by atoms with van der Waals surface area (Å²) in [6, 6.07) is 8.87. The van der Waals surface area contributed by atoms with Crippen molar-refractivity contribution < 1.29 is 18.1 Å². The fourth-order valence-corrected chi connectivity index (χ4v) is 2.95. The summed E-state index contributed by atoms with van der Waals surface area (Å²) in [6.45, 7) is 5.19. The highest BCUT2D eigenvalue weighted by molar-refractivity contribution is 6.02. The molecule has 0 unspecified atom stereocenters. The monoisotopic (exact) mass is 380 g/mol. The quantitative estimate of drug-likeness (QED) is 0.572. The highest BCUT2D eigenvalue weighted by Gasteiger charge is 2.20. The van der Waals surface area contributed by atoms with Crippen molar-refractivity contribution in [2.45, 2.75) is 26.8 Å². The van der Waals surface area contributed by atoms with Gasteiger partial charge in [0, 0.05) is 18.1 Å². The molecule has 0 saturated carbocycles. The first-order valence-corrected chi connectivity index (χ1v) is 8.69. The van der Waals surface area contributed by atoms with E-state index in [9.17, 15) is 9.18 Å². The van der Waals surface area contributed by atoms with Crippen LogP contribution in [0.2, 0.25) is 0 Å². The Balaban J connectivity index is 1.72. The van der Waals surface area contributed by atoms with Gasteiger partial charge in [0.15, 0.2) is 17.3 Å². The van der Waals surface area contributed by atoms with Gasteiger partial charge in [0.05, 0.1) is 0 Å². The summed E-state index contributed by atoms with van der Waals surface area (Å²) in [5.41, 5.74) is 2.88. The number of halogens is 1. The molecule has 0 aliphatic heterocycles. The molecule has 1 atom stereocenters. The maximum Gasteiger partial charge on any atom is 0.252 e. The van der Waals surface area contributed by atoms with Crippen LogP contribution in [0.15, 0.2) is 45.3 Å². The molecule has 28 heavy (non-hydrogen) atoms. The van der Waals surface area contributed by atoms with Gasteiger partial charge in [-0.05, 0) is 43.7 Å². The molecule has 0 fully saturated rings. The molecule has 2 aromatic heterocycles. The van der Waals surface area contributed by atoms with E-state index in [0.29, 0.717) is 39.8 Å². The zero-order valence-electron chi connectivity index (χ0n) is 15.5. The molecule has 0 bridgehead atoms. The van der Waals surface area contributed by atoms with Crippen molar-refractivity contribution in [1.82, 2.24) is 20.4 Å². The fraction of sp³-hybridized carbons (Fsp3) is 0.200. The standard InChI is InChI=1S/C20H17FN4O3/c1-10(20-23-11(2)25-28-20)22-19(26)14-8-16(13-4-6-15(21)7-5-13)18-17(9-14)27-12(3)24-18/h4-10H,1-3H3,(H,22,26)/t10-/m1/s1. The number of benzene rings is 2. The van der Waals surface area contributed by atoms with Crippen molar-refractivity contribution in [3.05, 3.63) is 65.4 Å². The smallest absolute Gasteiger partial charge is 0.252 e. The Morgan fingerprint density at radius 2 is 1.89 bits per heavy atom.